The third-order valence-electron chi connectivity index (χ3n) is 4.61. The number of anilines is 1. The molecule has 2 aromatic rings. The molecule has 2 heterocycles. The number of ether oxygens (including phenoxy) is 1. The summed E-state index contributed by atoms with van der Waals surface area (Å²) < 4.78 is 30.1. The molecule has 1 aliphatic rings. The lowest BCUT2D eigenvalue weighted by atomic mass is 9.94. The van der Waals surface area contributed by atoms with Crippen molar-refractivity contribution in [1.82, 2.24) is 9.97 Å². The van der Waals surface area contributed by atoms with Gasteiger partial charge < -0.3 is 19.4 Å². The van der Waals surface area contributed by atoms with Gasteiger partial charge in [-0.05, 0) is 31.2 Å². The first-order chi connectivity index (χ1) is 11.9. The normalized spacial score (nSPS) is 16.4. The second-order valence-corrected chi connectivity index (χ2v) is 8.09. The Balaban J connectivity index is 1.78. The van der Waals surface area contributed by atoms with Gasteiger partial charge in [-0.15, -0.1) is 0 Å². The van der Waals surface area contributed by atoms with Crippen LogP contribution in [-0.2, 0) is 4.57 Å². The van der Waals surface area contributed by atoms with E-state index in [0.717, 1.165) is 12.8 Å². The SMILES string of the molecule is COc1cc(F)cc2c(N3CCC(CCP(=O)(O)O)CC3)ncnc12. The number of rotatable bonds is 5. The number of methoxy groups -OCH3 is 1. The molecule has 3 rings (SSSR count). The van der Waals surface area contributed by atoms with Gasteiger partial charge in [0.05, 0.1) is 13.3 Å². The van der Waals surface area contributed by atoms with Crippen LogP contribution < -0.4 is 9.64 Å². The minimum atomic E-state index is -3.94. The van der Waals surface area contributed by atoms with Gasteiger partial charge in [0.2, 0.25) is 0 Å². The maximum Gasteiger partial charge on any atom is 0.325 e. The molecule has 1 aliphatic heterocycles. The van der Waals surface area contributed by atoms with Crippen molar-refractivity contribution in [2.75, 3.05) is 31.3 Å². The van der Waals surface area contributed by atoms with Crippen LogP contribution in [0.1, 0.15) is 19.3 Å². The fourth-order valence-electron chi connectivity index (χ4n) is 3.28. The van der Waals surface area contributed by atoms with Crippen molar-refractivity contribution in [3.63, 3.8) is 0 Å². The van der Waals surface area contributed by atoms with Crippen LogP contribution in [0.25, 0.3) is 10.9 Å². The number of hydrogen-bond donors (Lipinski definition) is 2. The molecule has 1 aromatic heterocycles. The number of benzene rings is 1. The number of piperidine rings is 1. The van der Waals surface area contributed by atoms with Gasteiger partial charge in [-0.3, -0.25) is 4.57 Å². The number of nitrogens with zero attached hydrogens (tertiary/aromatic N) is 3. The average Bonchev–Trinajstić information content (AvgIpc) is 2.58. The Morgan fingerprint density at radius 3 is 2.68 bits per heavy atom. The number of fused-ring (bicyclic) bond motifs is 1. The van der Waals surface area contributed by atoms with Gasteiger partial charge in [0.25, 0.3) is 0 Å². The summed E-state index contributed by atoms with van der Waals surface area (Å²) in [6, 6.07) is 2.71. The summed E-state index contributed by atoms with van der Waals surface area (Å²) in [4.78, 5) is 28.6. The molecule has 9 heteroatoms. The molecule has 1 saturated heterocycles. The number of hydrogen-bond acceptors (Lipinski definition) is 5. The lowest BCUT2D eigenvalue weighted by molar-refractivity contribution is 0.350. The van der Waals surface area contributed by atoms with E-state index in [2.05, 4.69) is 14.9 Å². The van der Waals surface area contributed by atoms with Crippen molar-refractivity contribution in [1.29, 1.82) is 0 Å². The van der Waals surface area contributed by atoms with Gasteiger partial charge in [-0.2, -0.15) is 0 Å². The van der Waals surface area contributed by atoms with E-state index in [1.165, 1.54) is 25.6 Å². The highest BCUT2D eigenvalue weighted by atomic mass is 31.2. The fraction of sp³-hybridized carbons (Fsp3) is 0.500. The van der Waals surface area contributed by atoms with E-state index in [4.69, 9.17) is 14.5 Å². The molecule has 2 N–H and O–H groups in total. The summed E-state index contributed by atoms with van der Waals surface area (Å²) in [5, 5.41) is 0.605. The Morgan fingerprint density at radius 1 is 1.32 bits per heavy atom. The zero-order valence-corrected chi connectivity index (χ0v) is 14.8. The highest BCUT2D eigenvalue weighted by molar-refractivity contribution is 7.51. The van der Waals surface area contributed by atoms with Crippen LogP contribution in [0.4, 0.5) is 10.2 Å². The Kier molecular flexibility index (Phi) is 5.22. The maximum absolute atomic E-state index is 13.9. The molecule has 0 spiro atoms. The summed E-state index contributed by atoms with van der Waals surface area (Å²) in [5.74, 6) is 0.909. The summed E-state index contributed by atoms with van der Waals surface area (Å²) in [6.07, 6.45) is 3.52. The fourth-order valence-corrected chi connectivity index (χ4v) is 3.98. The van der Waals surface area contributed by atoms with E-state index in [9.17, 15) is 8.96 Å². The Labute approximate surface area is 145 Å². The highest BCUT2D eigenvalue weighted by Gasteiger charge is 2.24. The van der Waals surface area contributed by atoms with Gasteiger partial charge in [0.15, 0.2) is 0 Å². The first-order valence-electron chi connectivity index (χ1n) is 8.15. The van der Waals surface area contributed by atoms with Crippen molar-refractivity contribution in [2.45, 2.75) is 19.3 Å². The lowest BCUT2D eigenvalue weighted by Crippen LogP contribution is -2.34. The van der Waals surface area contributed by atoms with E-state index < -0.39 is 13.4 Å². The van der Waals surface area contributed by atoms with Gasteiger partial charge in [-0.25, -0.2) is 14.4 Å². The maximum atomic E-state index is 13.9. The zero-order chi connectivity index (χ0) is 18.0. The molecule has 7 nitrogen and oxygen atoms in total. The van der Waals surface area contributed by atoms with Gasteiger partial charge in [0.1, 0.15) is 29.2 Å². The van der Waals surface area contributed by atoms with E-state index in [1.807, 2.05) is 0 Å². The molecule has 0 amide bonds. The van der Waals surface area contributed by atoms with Crippen molar-refractivity contribution < 1.29 is 23.5 Å². The molecular formula is C16H21FN3O4P. The standard InChI is InChI=1S/C16H21FN3O4P/c1-24-14-9-12(17)8-13-15(14)18-10-19-16(13)20-5-2-11(3-6-20)4-7-25(21,22)23/h8-11H,2-7H2,1H3,(H2,21,22,23). The molecule has 0 unspecified atom stereocenters. The third kappa shape index (κ3) is 4.26. The van der Waals surface area contributed by atoms with Gasteiger partial charge >= 0.3 is 7.60 Å². The lowest BCUT2D eigenvalue weighted by Gasteiger charge is -2.33. The summed E-state index contributed by atoms with van der Waals surface area (Å²) in [6.45, 7) is 1.41. The van der Waals surface area contributed by atoms with Crippen LogP contribution in [-0.4, -0.2) is 46.1 Å². The van der Waals surface area contributed by atoms with Crippen molar-refractivity contribution in [3.8, 4) is 5.75 Å². The Bertz CT molecular complexity index is 805. The summed E-state index contributed by atoms with van der Waals surface area (Å²) in [5.41, 5.74) is 0.567. The molecule has 0 radical (unpaired) electrons. The van der Waals surface area contributed by atoms with Crippen molar-refractivity contribution in [3.05, 3.63) is 24.3 Å². The minimum Gasteiger partial charge on any atom is -0.494 e. The van der Waals surface area contributed by atoms with Crippen molar-refractivity contribution in [2.24, 2.45) is 5.92 Å². The smallest absolute Gasteiger partial charge is 0.325 e. The average molecular weight is 369 g/mol. The molecular weight excluding hydrogens is 348 g/mol. The van der Waals surface area contributed by atoms with Gasteiger partial charge in [-0.1, -0.05) is 0 Å². The molecule has 1 aromatic carbocycles. The predicted octanol–water partition coefficient (Wildman–Crippen LogP) is 2.56. The topological polar surface area (TPSA) is 95.8 Å². The van der Waals surface area contributed by atoms with Crippen LogP contribution in [0, 0.1) is 11.7 Å². The second kappa shape index (κ2) is 7.23. The summed E-state index contributed by atoms with van der Waals surface area (Å²) >= 11 is 0. The Morgan fingerprint density at radius 2 is 2.04 bits per heavy atom. The van der Waals surface area contributed by atoms with E-state index in [0.29, 0.717) is 42.0 Å². The first-order valence-corrected chi connectivity index (χ1v) is 9.95. The minimum absolute atomic E-state index is 0.0729. The molecule has 25 heavy (non-hydrogen) atoms. The molecule has 0 saturated carbocycles. The molecule has 1 fully saturated rings. The largest absolute Gasteiger partial charge is 0.494 e. The van der Waals surface area contributed by atoms with Gasteiger partial charge in [0, 0.05) is 24.5 Å². The zero-order valence-electron chi connectivity index (χ0n) is 13.9. The third-order valence-corrected chi connectivity index (χ3v) is 5.45. The number of halogens is 1. The Hall–Kier alpha value is -1.76. The van der Waals surface area contributed by atoms with Crippen LogP contribution in [0.3, 0.4) is 0 Å². The molecule has 0 bridgehead atoms. The molecule has 0 aliphatic carbocycles. The van der Waals surface area contributed by atoms with E-state index >= 15 is 0 Å². The summed E-state index contributed by atoms with van der Waals surface area (Å²) in [7, 11) is -2.47. The first kappa shape index (κ1) is 18.0. The monoisotopic (exact) mass is 369 g/mol. The second-order valence-electron chi connectivity index (χ2n) is 6.31. The van der Waals surface area contributed by atoms with Crippen molar-refractivity contribution >= 4 is 24.3 Å². The van der Waals surface area contributed by atoms with Crippen LogP contribution in [0.5, 0.6) is 5.75 Å². The molecule has 0 atom stereocenters. The van der Waals surface area contributed by atoms with Crippen LogP contribution in [0.15, 0.2) is 18.5 Å². The van der Waals surface area contributed by atoms with E-state index in [-0.39, 0.29) is 12.1 Å². The van der Waals surface area contributed by atoms with E-state index in [1.54, 1.807) is 0 Å². The number of aromatic nitrogens is 2. The molecule has 136 valence electrons. The highest BCUT2D eigenvalue weighted by Crippen LogP contribution is 2.38. The predicted molar refractivity (Wildman–Crippen MR) is 92.5 cm³/mol. The van der Waals surface area contributed by atoms with Crippen LogP contribution in [0.2, 0.25) is 0 Å². The van der Waals surface area contributed by atoms with Crippen LogP contribution >= 0.6 is 7.60 Å². The quantitative estimate of drug-likeness (QED) is 0.782.